The first-order valence-corrected chi connectivity index (χ1v) is 7.21. The third kappa shape index (κ3) is 1.92. The molecule has 1 aliphatic carbocycles. The summed E-state index contributed by atoms with van der Waals surface area (Å²) in [5, 5.41) is 2.63. The van der Waals surface area contributed by atoms with Crippen LogP contribution in [0.25, 0.3) is 0 Å². The van der Waals surface area contributed by atoms with Gasteiger partial charge in [-0.15, -0.1) is 0 Å². The van der Waals surface area contributed by atoms with Gasteiger partial charge < -0.3 is 5.32 Å². The Morgan fingerprint density at radius 1 is 1.47 bits per heavy atom. The van der Waals surface area contributed by atoms with Gasteiger partial charge in [0.25, 0.3) is 0 Å². The third-order valence-corrected chi connectivity index (χ3v) is 5.97. The second kappa shape index (κ2) is 4.03. The van der Waals surface area contributed by atoms with Crippen molar-refractivity contribution < 1.29 is 8.42 Å². The van der Waals surface area contributed by atoms with Gasteiger partial charge in [0.15, 0.2) is 0 Å². The molecule has 2 bridgehead atoms. The molecule has 15 heavy (non-hydrogen) atoms. The lowest BCUT2D eigenvalue weighted by Crippen LogP contribution is -2.45. The highest BCUT2D eigenvalue weighted by molar-refractivity contribution is 7.89. The molecule has 0 aromatic rings. The quantitative estimate of drug-likeness (QED) is 0.763. The number of rotatable bonds is 4. The van der Waals surface area contributed by atoms with Gasteiger partial charge in [-0.3, -0.25) is 0 Å². The minimum atomic E-state index is -3.06. The van der Waals surface area contributed by atoms with Crippen LogP contribution >= 0.6 is 0 Å². The molecular formula is C10H20N2O2S. The van der Waals surface area contributed by atoms with Crippen molar-refractivity contribution in [2.24, 2.45) is 5.92 Å². The number of piperidine rings is 1. The van der Waals surface area contributed by atoms with E-state index in [0.29, 0.717) is 18.5 Å². The molecule has 88 valence electrons. The van der Waals surface area contributed by atoms with E-state index in [4.69, 9.17) is 0 Å². The van der Waals surface area contributed by atoms with Crippen LogP contribution in [0.15, 0.2) is 0 Å². The van der Waals surface area contributed by atoms with Crippen LogP contribution in [0, 0.1) is 5.92 Å². The van der Waals surface area contributed by atoms with E-state index in [1.807, 2.05) is 0 Å². The number of nitrogens with zero attached hydrogens (tertiary/aromatic N) is 1. The molecule has 0 aromatic heterocycles. The van der Waals surface area contributed by atoms with Gasteiger partial charge in [0, 0.05) is 19.1 Å². The molecular weight excluding hydrogens is 212 g/mol. The van der Waals surface area contributed by atoms with Crippen LogP contribution in [0.3, 0.4) is 0 Å². The molecule has 1 aliphatic heterocycles. The van der Waals surface area contributed by atoms with Gasteiger partial charge in [0.1, 0.15) is 0 Å². The highest BCUT2D eigenvalue weighted by Crippen LogP contribution is 2.39. The fourth-order valence-electron chi connectivity index (χ4n) is 2.82. The molecule has 3 atom stereocenters. The van der Waals surface area contributed by atoms with Crippen molar-refractivity contribution in [2.45, 2.75) is 37.5 Å². The predicted molar refractivity (Wildman–Crippen MR) is 60.1 cm³/mol. The second-order valence-corrected chi connectivity index (χ2v) is 7.12. The summed E-state index contributed by atoms with van der Waals surface area (Å²) in [6.45, 7) is 3.09. The van der Waals surface area contributed by atoms with Crippen molar-refractivity contribution in [1.29, 1.82) is 0 Å². The van der Waals surface area contributed by atoms with E-state index in [-0.39, 0.29) is 5.25 Å². The first-order chi connectivity index (χ1) is 7.05. The number of hydrogen-bond donors (Lipinski definition) is 1. The number of nitrogens with one attached hydrogen (secondary N) is 1. The van der Waals surface area contributed by atoms with E-state index >= 15 is 0 Å². The van der Waals surface area contributed by atoms with E-state index in [2.05, 4.69) is 5.32 Å². The molecule has 2 aliphatic rings. The lowest BCUT2D eigenvalue weighted by molar-refractivity contribution is 0.329. The molecule has 0 amide bonds. The average Bonchev–Trinajstić information content (AvgIpc) is 2.79. The van der Waals surface area contributed by atoms with Crippen molar-refractivity contribution in [3.63, 3.8) is 0 Å². The Kier molecular flexibility index (Phi) is 3.05. The van der Waals surface area contributed by atoms with Crippen LogP contribution in [0.4, 0.5) is 0 Å². The van der Waals surface area contributed by atoms with E-state index in [1.165, 1.54) is 6.42 Å². The van der Waals surface area contributed by atoms with Crippen molar-refractivity contribution in [1.82, 2.24) is 9.62 Å². The molecule has 1 saturated carbocycles. The summed E-state index contributed by atoms with van der Waals surface area (Å²) in [6, 6.07) is 0.305. The van der Waals surface area contributed by atoms with Crippen LogP contribution < -0.4 is 5.32 Å². The summed E-state index contributed by atoms with van der Waals surface area (Å²) < 4.78 is 26.2. The Hall–Kier alpha value is -0.130. The molecule has 2 fully saturated rings. The first kappa shape index (κ1) is 11.4. The monoisotopic (exact) mass is 232 g/mol. The summed E-state index contributed by atoms with van der Waals surface area (Å²) in [5.74, 6) is 0.631. The van der Waals surface area contributed by atoms with Crippen LogP contribution in [-0.4, -0.2) is 44.2 Å². The largest absolute Gasteiger partial charge is 0.318 e. The van der Waals surface area contributed by atoms with E-state index in [0.717, 1.165) is 19.4 Å². The fourth-order valence-corrected chi connectivity index (χ4v) is 4.68. The minimum Gasteiger partial charge on any atom is -0.318 e. The summed E-state index contributed by atoms with van der Waals surface area (Å²) in [4.78, 5) is 0. The second-order valence-electron chi connectivity index (χ2n) is 4.82. The van der Waals surface area contributed by atoms with Crippen LogP contribution in [0.1, 0.15) is 26.2 Å². The van der Waals surface area contributed by atoms with Crippen molar-refractivity contribution >= 4 is 10.0 Å². The zero-order valence-electron chi connectivity index (χ0n) is 9.44. The summed E-state index contributed by atoms with van der Waals surface area (Å²) in [7, 11) is -1.27. The Labute approximate surface area is 92.1 Å². The zero-order chi connectivity index (χ0) is 11.1. The van der Waals surface area contributed by atoms with Crippen LogP contribution in [0.2, 0.25) is 0 Å². The first-order valence-electron chi connectivity index (χ1n) is 5.71. The maximum absolute atomic E-state index is 12.2. The van der Waals surface area contributed by atoms with E-state index in [9.17, 15) is 8.42 Å². The Morgan fingerprint density at radius 2 is 2.20 bits per heavy atom. The lowest BCUT2D eigenvalue weighted by Gasteiger charge is -2.29. The number of fused-ring (bicyclic) bond motifs is 2. The molecule has 0 radical (unpaired) electrons. The Morgan fingerprint density at radius 3 is 2.67 bits per heavy atom. The Balaban J connectivity index is 2.09. The average molecular weight is 232 g/mol. The zero-order valence-corrected chi connectivity index (χ0v) is 10.3. The molecule has 2 rings (SSSR count). The smallest absolute Gasteiger partial charge is 0.218 e. The van der Waals surface area contributed by atoms with Crippen molar-refractivity contribution in [2.75, 3.05) is 20.1 Å². The van der Waals surface area contributed by atoms with Gasteiger partial charge in [-0.05, 0) is 39.2 Å². The Bertz CT molecular complexity index is 328. The molecule has 1 N–H and O–H groups in total. The van der Waals surface area contributed by atoms with E-state index in [1.54, 1.807) is 18.3 Å². The van der Waals surface area contributed by atoms with Crippen LogP contribution in [0.5, 0.6) is 0 Å². The minimum absolute atomic E-state index is 0.304. The van der Waals surface area contributed by atoms with Crippen molar-refractivity contribution in [3.8, 4) is 0 Å². The molecule has 5 heteroatoms. The molecule has 1 heterocycles. The fraction of sp³-hybridized carbons (Fsp3) is 1.00. The molecule has 3 unspecified atom stereocenters. The predicted octanol–water partition coefficient (Wildman–Crippen LogP) is 0.408. The number of sulfonamides is 1. The molecule has 0 spiro atoms. The molecule has 0 aromatic carbocycles. The third-order valence-electron chi connectivity index (χ3n) is 3.69. The van der Waals surface area contributed by atoms with Gasteiger partial charge >= 0.3 is 0 Å². The van der Waals surface area contributed by atoms with Gasteiger partial charge in [-0.25, -0.2) is 8.42 Å². The number of hydrogen-bond acceptors (Lipinski definition) is 3. The topological polar surface area (TPSA) is 49.4 Å². The van der Waals surface area contributed by atoms with Gasteiger partial charge in [0.05, 0.1) is 5.25 Å². The van der Waals surface area contributed by atoms with E-state index < -0.39 is 10.0 Å². The van der Waals surface area contributed by atoms with Gasteiger partial charge in [-0.1, -0.05) is 0 Å². The summed E-state index contributed by atoms with van der Waals surface area (Å²) in [6.07, 6.45) is 3.37. The van der Waals surface area contributed by atoms with Gasteiger partial charge in [-0.2, -0.15) is 4.31 Å². The highest BCUT2D eigenvalue weighted by atomic mass is 32.2. The standard InChI is InChI=1S/C10H20N2O2S/c1-8(6-11-2)15(13,14)12-7-9-3-4-10(12)5-9/h8-11H,3-7H2,1-2H3. The molecule has 4 nitrogen and oxygen atoms in total. The summed E-state index contributed by atoms with van der Waals surface area (Å²) >= 11 is 0. The summed E-state index contributed by atoms with van der Waals surface area (Å²) in [5.41, 5.74) is 0. The molecule has 1 saturated heterocycles. The maximum Gasteiger partial charge on any atom is 0.218 e. The SMILES string of the molecule is CNCC(C)S(=O)(=O)N1CC2CCC1C2. The maximum atomic E-state index is 12.2. The van der Waals surface area contributed by atoms with Gasteiger partial charge in [0.2, 0.25) is 10.0 Å². The highest BCUT2D eigenvalue weighted by Gasteiger charge is 2.45. The van der Waals surface area contributed by atoms with Crippen LogP contribution in [-0.2, 0) is 10.0 Å². The van der Waals surface area contributed by atoms with Crippen molar-refractivity contribution in [3.05, 3.63) is 0 Å². The normalized spacial score (nSPS) is 33.5. The lowest BCUT2D eigenvalue weighted by atomic mass is 10.1.